The molecule has 100 valence electrons. The number of methoxy groups -OCH3 is 1. The van der Waals surface area contributed by atoms with Crippen molar-refractivity contribution < 1.29 is 4.74 Å². The Kier molecular flexibility index (Phi) is 4.96. The van der Waals surface area contributed by atoms with Crippen LogP contribution in [0, 0.1) is 5.92 Å². The Morgan fingerprint density at radius 2 is 2.22 bits per heavy atom. The summed E-state index contributed by atoms with van der Waals surface area (Å²) >= 11 is 0. The molecule has 0 radical (unpaired) electrons. The number of aromatic nitrogens is 1. The molecule has 1 aliphatic heterocycles. The second-order valence-electron chi connectivity index (χ2n) is 4.92. The number of nitrogens with one attached hydrogen (secondary N) is 1. The van der Waals surface area contributed by atoms with Crippen molar-refractivity contribution in [3.8, 4) is 0 Å². The number of hydrogen-bond acceptors (Lipinski definition) is 4. The van der Waals surface area contributed by atoms with Crippen LogP contribution in [0.1, 0.15) is 18.4 Å². The maximum atomic E-state index is 5.25. The van der Waals surface area contributed by atoms with Crippen LogP contribution < -0.4 is 10.2 Å². The molecule has 0 atom stereocenters. The summed E-state index contributed by atoms with van der Waals surface area (Å²) in [6.07, 6.45) is 6.28. The molecule has 1 aromatic heterocycles. The SMILES string of the molecule is CNCc1cnccc1N1CCC(COC)CC1. The Balaban J connectivity index is 2.00. The fourth-order valence-electron chi connectivity index (χ4n) is 2.63. The molecule has 1 aromatic rings. The monoisotopic (exact) mass is 249 g/mol. The minimum atomic E-state index is 0.723. The highest BCUT2D eigenvalue weighted by Crippen LogP contribution is 2.25. The van der Waals surface area contributed by atoms with E-state index >= 15 is 0 Å². The van der Waals surface area contributed by atoms with Crippen LogP contribution in [0.15, 0.2) is 18.5 Å². The zero-order chi connectivity index (χ0) is 12.8. The molecule has 0 amide bonds. The Morgan fingerprint density at radius 3 is 2.89 bits per heavy atom. The average molecular weight is 249 g/mol. The Bertz CT molecular complexity index is 362. The molecule has 2 rings (SSSR count). The van der Waals surface area contributed by atoms with Gasteiger partial charge in [0.25, 0.3) is 0 Å². The molecule has 1 aliphatic rings. The number of hydrogen-bond donors (Lipinski definition) is 1. The fraction of sp³-hybridized carbons (Fsp3) is 0.643. The van der Waals surface area contributed by atoms with Gasteiger partial charge in [0, 0.05) is 57.0 Å². The average Bonchev–Trinajstić information content (AvgIpc) is 2.41. The third kappa shape index (κ3) is 3.21. The molecule has 0 saturated carbocycles. The summed E-state index contributed by atoms with van der Waals surface area (Å²) in [5.74, 6) is 0.723. The Hall–Kier alpha value is -1.13. The smallest absolute Gasteiger partial charge is 0.0491 e. The van der Waals surface area contributed by atoms with Crippen molar-refractivity contribution >= 4 is 5.69 Å². The van der Waals surface area contributed by atoms with Gasteiger partial charge < -0.3 is 15.0 Å². The first-order valence-electron chi connectivity index (χ1n) is 6.66. The number of ether oxygens (including phenoxy) is 1. The van der Waals surface area contributed by atoms with E-state index in [0.29, 0.717) is 0 Å². The minimum Gasteiger partial charge on any atom is -0.384 e. The molecule has 0 aromatic carbocycles. The van der Waals surface area contributed by atoms with E-state index in [-0.39, 0.29) is 0 Å². The van der Waals surface area contributed by atoms with Gasteiger partial charge in [0.2, 0.25) is 0 Å². The summed E-state index contributed by atoms with van der Waals surface area (Å²) in [6.45, 7) is 4.01. The van der Waals surface area contributed by atoms with Gasteiger partial charge in [-0.05, 0) is 31.9 Å². The number of rotatable bonds is 5. The number of anilines is 1. The molecule has 0 aliphatic carbocycles. The topological polar surface area (TPSA) is 37.4 Å². The van der Waals surface area contributed by atoms with Gasteiger partial charge in [-0.3, -0.25) is 4.98 Å². The summed E-state index contributed by atoms with van der Waals surface area (Å²) in [5.41, 5.74) is 2.61. The lowest BCUT2D eigenvalue weighted by Crippen LogP contribution is -2.35. The standard InChI is InChI=1S/C14H23N3O/c1-15-9-13-10-16-6-3-14(13)17-7-4-12(5-8-17)11-18-2/h3,6,10,12,15H,4-5,7-9,11H2,1-2H3. The van der Waals surface area contributed by atoms with Gasteiger partial charge in [-0.2, -0.15) is 0 Å². The lowest BCUT2D eigenvalue weighted by Gasteiger charge is -2.34. The van der Waals surface area contributed by atoms with Gasteiger partial charge in [-0.1, -0.05) is 0 Å². The number of pyridine rings is 1. The highest BCUT2D eigenvalue weighted by atomic mass is 16.5. The van der Waals surface area contributed by atoms with Crippen LogP contribution in [0.4, 0.5) is 5.69 Å². The lowest BCUT2D eigenvalue weighted by molar-refractivity contribution is 0.139. The second kappa shape index (κ2) is 6.71. The van der Waals surface area contributed by atoms with E-state index in [2.05, 4.69) is 21.3 Å². The quantitative estimate of drug-likeness (QED) is 0.861. The van der Waals surface area contributed by atoms with Gasteiger partial charge in [-0.15, -0.1) is 0 Å². The van der Waals surface area contributed by atoms with E-state index in [4.69, 9.17) is 4.74 Å². The summed E-state index contributed by atoms with van der Waals surface area (Å²) in [7, 11) is 3.77. The first-order valence-corrected chi connectivity index (χ1v) is 6.66. The van der Waals surface area contributed by atoms with Crippen LogP contribution >= 0.6 is 0 Å². The van der Waals surface area contributed by atoms with Crippen molar-refractivity contribution in [3.05, 3.63) is 24.0 Å². The van der Waals surface area contributed by atoms with Crippen LogP contribution in [-0.4, -0.2) is 38.8 Å². The predicted molar refractivity (Wildman–Crippen MR) is 73.8 cm³/mol. The molecule has 0 bridgehead atoms. The van der Waals surface area contributed by atoms with Gasteiger partial charge in [0.15, 0.2) is 0 Å². The van der Waals surface area contributed by atoms with Crippen LogP contribution in [0.5, 0.6) is 0 Å². The molecule has 1 fully saturated rings. The molecular formula is C14H23N3O. The van der Waals surface area contributed by atoms with Crippen molar-refractivity contribution in [1.29, 1.82) is 0 Å². The Morgan fingerprint density at radius 1 is 1.44 bits per heavy atom. The normalized spacial score (nSPS) is 17.1. The first-order chi connectivity index (χ1) is 8.85. The van der Waals surface area contributed by atoms with Crippen LogP contribution in [-0.2, 0) is 11.3 Å². The van der Waals surface area contributed by atoms with Crippen molar-refractivity contribution in [3.63, 3.8) is 0 Å². The van der Waals surface area contributed by atoms with Gasteiger partial charge in [0.1, 0.15) is 0 Å². The maximum Gasteiger partial charge on any atom is 0.0491 e. The second-order valence-corrected chi connectivity index (χ2v) is 4.92. The molecule has 1 saturated heterocycles. The summed E-state index contributed by atoms with van der Waals surface area (Å²) < 4.78 is 5.25. The van der Waals surface area contributed by atoms with Crippen molar-refractivity contribution in [2.45, 2.75) is 19.4 Å². The van der Waals surface area contributed by atoms with E-state index in [1.165, 1.54) is 24.1 Å². The summed E-state index contributed by atoms with van der Waals surface area (Å²) in [6, 6.07) is 2.13. The van der Waals surface area contributed by atoms with Gasteiger partial charge >= 0.3 is 0 Å². The van der Waals surface area contributed by atoms with Crippen LogP contribution in [0.2, 0.25) is 0 Å². The lowest BCUT2D eigenvalue weighted by atomic mass is 9.97. The van der Waals surface area contributed by atoms with Crippen molar-refractivity contribution in [2.75, 3.05) is 38.8 Å². The largest absolute Gasteiger partial charge is 0.384 e. The third-order valence-electron chi connectivity index (χ3n) is 3.60. The van der Waals surface area contributed by atoms with Gasteiger partial charge in [0.05, 0.1) is 0 Å². The zero-order valence-corrected chi connectivity index (χ0v) is 11.4. The first kappa shape index (κ1) is 13.3. The summed E-state index contributed by atoms with van der Waals surface area (Å²) in [5, 5.41) is 3.21. The molecular weight excluding hydrogens is 226 g/mol. The summed E-state index contributed by atoms with van der Waals surface area (Å²) in [4.78, 5) is 6.69. The maximum absolute atomic E-state index is 5.25. The minimum absolute atomic E-state index is 0.723. The Labute approximate surface area is 109 Å². The van der Waals surface area contributed by atoms with E-state index in [9.17, 15) is 0 Å². The zero-order valence-electron chi connectivity index (χ0n) is 11.4. The fourth-order valence-corrected chi connectivity index (χ4v) is 2.63. The van der Waals surface area contributed by atoms with Gasteiger partial charge in [-0.25, -0.2) is 0 Å². The highest BCUT2D eigenvalue weighted by molar-refractivity contribution is 5.52. The van der Waals surface area contributed by atoms with E-state index < -0.39 is 0 Å². The molecule has 0 unspecified atom stereocenters. The molecule has 2 heterocycles. The van der Waals surface area contributed by atoms with E-state index in [1.54, 1.807) is 7.11 Å². The highest BCUT2D eigenvalue weighted by Gasteiger charge is 2.20. The molecule has 18 heavy (non-hydrogen) atoms. The molecule has 4 nitrogen and oxygen atoms in total. The number of nitrogens with zero attached hydrogens (tertiary/aromatic N) is 2. The van der Waals surface area contributed by atoms with Crippen LogP contribution in [0.3, 0.4) is 0 Å². The van der Waals surface area contributed by atoms with Crippen LogP contribution in [0.25, 0.3) is 0 Å². The third-order valence-corrected chi connectivity index (χ3v) is 3.60. The molecule has 4 heteroatoms. The molecule has 0 spiro atoms. The predicted octanol–water partition coefficient (Wildman–Crippen LogP) is 1.66. The van der Waals surface area contributed by atoms with E-state index in [1.807, 2.05) is 19.4 Å². The van der Waals surface area contributed by atoms with Crippen molar-refractivity contribution in [1.82, 2.24) is 10.3 Å². The molecule has 1 N–H and O–H groups in total. The number of piperidine rings is 1. The van der Waals surface area contributed by atoms with Crippen molar-refractivity contribution in [2.24, 2.45) is 5.92 Å². The van der Waals surface area contributed by atoms with E-state index in [0.717, 1.165) is 32.2 Å².